The first-order chi connectivity index (χ1) is 12.0. The van der Waals surface area contributed by atoms with Gasteiger partial charge in [-0.1, -0.05) is 26.0 Å². The molecular formula is C22H32N2O2. The summed E-state index contributed by atoms with van der Waals surface area (Å²) < 4.78 is 0. The van der Waals surface area contributed by atoms with Crippen molar-refractivity contribution in [3.05, 3.63) is 35.5 Å². The highest BCUT2D eigenvalue weighted by atomic mass is 16.3. The van der Waals surface area contributed by atoms with Gasteiger partial charge in [-0.25, -0.2) is 0 Å². The summed E-state index contributed by atoms with van der Waals surface area (Å²) in [5.74, 6) is 0.427. The summed E-state index contributed by atoms with van der Waals surface area (Å²) in [7, 11) is 0. The number of amides is 1. The highest BCUT2D eigenvalue weighted by Gasteiger charge is 2.42. The molecule has 1 aromatic carbocycles. The fourth-order valence-corrected chi connectivity index (χ4v) is 4.79. The zero-order valence-corrected chi connectivity index (χ0v) is 15.2. The maximum atomic E-state index is 12.9. The zero-order chi connectivity index (χ0) is 17.6. The summed E-state index contributed by atoms with van der Waals surface area (Å²) in [5, 5.41) is 11.8. The van der Waals surface area contributed by atoms with Gasteiger partial charge in [0.15, 0.2) is 0 Å². The molecule has 1 aromatic heterocycles. The summed E-state index contributed by atoms with van der Waals surface area (Å²) in [4.78, 5) is 18.3. The molecule has 0 radical (unpaired) electrons. The van der Waals surface area contributed by atoms with Crippen molar-refractivity contribution in [3.8, 4) is 0 Å². The second kappa shape index (κ2) is 7.07. The van der Waals surface area contributed by atoms with Crippen LogP contribution in [0.1, 0.15) is 69.9 Å². The number of likely N-dealkylation sites (tertiary alicyclic amines) is 1. The minimum Gasteiger partial charge on any atom is -0.390 e. The van der Waals surface area contributed by atoms with Crippen LogP contribution in [0.5, 0.6) is 0 Å². The molecule has 142 valence electrons. The van der Waals surface area contributed by atoms with Crippen LogP contribution in [0.4, 0.5) is 0 Å². The van der Waals surface area contributed by atoms with E-state index >= 15 is 0 Å². The Hall–Kier alpha value is -1.81. The third-order valence-electron chi connectivity index (χ3n) is 6.26. The second-order valence-electron chi connectivity index (χ2n) is 8.21. The van der Waals surface area contributed by atoms with Crippen LogP contribution in [-0.2, 0) is 4.79 Å². The quantitative estimate of drug-likeness (QED) is 0.850. The Morgan fingerprint density at radius 3 is 3.04 bits per heavy atom. The first-order valence-electron chi connectivity index (χ1n) is 9.55. The van der Waals surface area contributed by atoms with E-state index in [-0.39, 0.29) is 25.3 Å². The summed E-state index contributed by atoms with van der Waals surface area (Å²) >= 11 is 0. The largest absolute Gasteiger partial charge is 0.390 e. The van der Waals surface area contributed by atoms with Crippen molar-refractivity contribution in [1.82, 2.24) is 9.88 Å². The van der Waals surface area contributed by atoms with Crippen LogP contribution in [0, 0.1) is 6.92 Å². The van der Waals surface area contributed by atoms with Gasteiger partial charge < -0.3 is 15.0 Å². The first-order valence-corrected chi connectivity index (χ1v) is 9.55. The Bertz CT molecular complexity index is 797. The van der Waals surface area contributed by atoms with Gasteiger partial charge in [0.2, 0.25) is 5.91 Å². The summed E-state index contributed by atoms with van der Waals surface area (Å²) in [6, 6.07) is 6.65. The van der Waals surface area contributed by atoms with Crippen molar-refractivity contribution in [3.63, 3.8) is 0 Å². The van der Waals surface area contributed by atoms with Gasteiger partial charge in [-0.15, -0.1) is 0 Å². The zero-order valence-electron chi connectivity index (χ0n) is 15.2. The molecule has 1 aliphatic carbocycles. The van der Waals surface area contributed by atoms with Crippen LogP contribution in [0.2, 0.25) is 0 Å². The van der Waals surface area contributed by atoms with E-state index < -0.39 is 5.60 Å². The van der Waals surface area contributed by atoms with Gasteiger partial charge in [-0.2, -0.15) is 0 Å². The van der Waals surface area contributed by atoms with Gasteiger partial charge in [-0.05, 0) is 62.6 Å². The Morgan fingerprint density at radius 2 is 2.23 bits per heavy atom. The van der Waals surface area contributed by atoms with Crippen molar-refractivity contribution >= 4 is 16.8 Å². The lowest BCUT2D eigenvalue weighted by Crippen LogP contribution is -2.55. The Balaban J connectivity index is 0.00000196. The van der Waals surface area contributed by atoms with E-state index in [0.717, 1.165) is 37.6 Å². The van der Waals surface area contributed by atoms with Gasteiger partial charge in [0.1, 0.15) is 0 Å². The van der Waals surface area contributed by atoms with Crippen molar-refractivity contribution in [2.45, 2.75) is 77.4 Å². The number of H-pyrrole nitrogens is 1. The normalized spacial score (nSPS) is 26.4. The van der Waals surface area contributed by atoms with E-state index in [1.165, 1.54) is 16.5 Å². The van der Waals surface area contributed by atoms with Crippen LogP contribution in [0.25, 0.3) is 10.9 Å². The molecule has 1 saturated carbocycles. The fourth-order valence-electron chi connectivity index (χ4n) is 4.79. The molecule has 0 spiro atoms. The topological polar surface area (TPSA) is 56.3 Å². The lowest BCUT2D eigenvalue weighted by molar-refractivity contribution is -0.144. The smallest absolute Gasteiger partial charge is 0.223 e. The maximum absolute atomic E-state index is 12.9. The first kappa shape index (κ1) is 19.0. The lowest BCUT2D eigenvalue weighted by atomic mass is 9.76. The van der Waals surface area contributed by atoms with E-state index in [0.29, 0.717) is 13.0 Å². The van der Waals surface area contributed by atoms with Crippen molar-refractivity contribution < 1.29 is 9.90 Å². The van der Waals surface area contributed by atoms with Gasteiger partial charge in [-0.3, -0.25) is 4.79 Å². The summed E-state index contributed by atoms with van der Waals surface area (Å²) in [6.07, 6.45) is 7.05. The van der Waals surface area contributed by atoms with E-state index in [1.54, 1.807) is 0 Å². The monoisotopic (exact) mass is 356 g/mol. The highest BCUT2D eigenvalue weighted by molar-refractivity contribution is 5.85. The third kappa shape index (κ3) is 3.39. The molecule has 2 aliphatic rings. The van der Waals surface area contributed by atoms with Crippen LogP contribution >= 0.6 is 0 Å². The number of rotatable bonds is 3. The Morgan fingerprint density at radius 1 is 1.42 bits per heavy atom. The molecule has 4 nitrogen and oxygen atoms in total. The average molecular weight is 357 g/mol. The predicted octanol–water partition coefficient (Wildman–Crippen LogP) is 4.51. The van der Waals surface area contributed by atoms with E-state index in [4.69, 9.17) is 0 Å². The number of piperidine rings is 1. The number of fused-ring (bicyclic) bond motifs is 3. The molecule has 2 N–H and O–H groups in total. The van der Waals surface area contributed by atoms with E-state index in [9.17, 15) is 9.90 Å². The molecule has 4 rings (SSSR count). The number of nitrogens with one attached hydrogen (secondary N) is 1. The second-order valence-corrected chi connectivity index (χ2v) is 8.21. The van der Waals surface area contributed by atoms with Crippen LogP contribution in [0.15, 0.2) is 24.4 Å². The van der Waals surface area contributed by atoms with Crippen molar-refractivity contribution in [2.24, 2.45) is 0 Å². The van der Waals surface area contributed by atoms with Crippen LogP contribution in [0.3, 0.4) is 0 Å². The summed E-state index contributed by atoms with van der Waals surface area (Å²) in [5.41, 5.74) is 3.09. The minimum atomic E-state index is -0.514. The maximum Gasteiger partial charge on any atom is 0.223 e. The molecule has 4 heteroatoms. The standard InChI is InChI=1S/C21H28N2O2.CH4/c1-14-5-6-19-17(10-14)18(13-22-19)15(2)11-20(24)23-9-8-21(25)7-3-4-16(23)12-21;/h5-6,10,13,15-16,22,25H,3-4,7-9,11-12H2,1-2H3;1H4. The molecular weight excluding hydrogens is 324 g/mol. The Labute approximate surface area is 156 Å². The van der Waals surface area contributed by atoms with Crippen LogP contribution < -0.4 is 0 Å². The SMILES string of the molecule is C.Cc1ccc2[nH]cc(C(C)CC(=O)N3CCC4(O)CCCC3C4)c2c1. The average Bonchev–Trinajstić information content (AvgIpc) is 2.97. The number of aliphatic hydroxyl groups is 1. The molecule has 26 heavy (non-hydrogen) atoms. The minimum absolute atomic E-state index is 0. The van der Waals surface area contributed by atoms with Gasteiger partial charge in [0.05, 0.1) is 5.60 Å². The van der Waals surface area contributed by atoms with Crippen molar-refractivity contribution in [2.75, 3.05) is 6.54 Å². The van der Waals surface area contributed by atoms with E-state index in [1.807, 2.05) is 4.90 Å². The van der Waals surface area contributed by atoms with Gasteiger partial charge in [0, 0.05) is 36.1 Å². The third-order valence-corrected chi connectivity index (χ3v) is 6.26. The predicted molar refractivity (Wildman–Crippen MR) is 106 cm³/mol. The number of aromatic nitrogens is 1. The Kier molecular flexibility index (Phi) is 5.16. The molecule has 3 unspecified atom stereocenters. The number of hydrogen-bond acceptors (Lipinski definition) is 2. The fraction of sp³-hybridized carbons (Fsp3) is 0.591. The van der Waals surface area contributed by atoms with Crippen LogP contribution in [-0.4, -0.2) is 39.1 Å². The highest BCUT2D eigenvalue weighted by Crippen LogP contribution is 2.39. The number of benzene rings is 1. The number of nitrogens with zero attached hydrogens (tertiary/aromatic N) is 1. The number of hydrogen-bond donors (Lipinski definition) is 2. The molecule has 1 saturated heterocycles. The number of carbonyl (C=O) groups is 1. The molecule has 1 aliphatic heterocycles. The molecule has 1 amide bonds. The number of aryl methyl sites for hydroxylation is 1. The van der Waals surface area contributed by atoms with E-state index in [2.05, 4.69) is 43.2 Å². The molecule has 2 aromatic rings. The molecule has 3 atom stereocenters. The van der Waals surface area contributed by atoms with Gasteiger partial charge >= 0.3 is 0 Å². The lowest BCUT2D eigenvalue weighted by Gasteiger charge is -2.48. The number of aromatic amines is 1. The number of carbonyl (C=O) groups excluding carboxylic acids is 1. The van der Waals surface area contributed by atoms with Crippen molar-refractivity contribution in [1.29, 1.82) is 0 Å². The molecule has 2 fully saturated rings. The summed E-state index contributed by atoms with van der Waals surface area (Å²) in [6.45, 7) is 4.95. The molecule has 2 bridgehead atoms. The molecule has 2 heterocycles. The van der Waals surface area contributed by atoms with Gasteiger partial charge in [0.25, 0.3) is 0 Å².